The van der Waals surface area contributed by atoms with E-state index in [-0.39, 0.29) is 17.9 Å². The van der Waals surface area contributed by atoms with Crippen LogP contribution in [-0.4, -0.2) is 66.3 Å². The number of benzene rings is 1. The third kappa shape index (κ3) is 5.23. The third-order valence-electron chi connectivity index (χ3n) is 4.62. The zero-order valence-corrected chi connectivity index (χ0v) is 20.9. The Kier molecular flexibility index (Phi) is 7.59. The molecule has 4 atom stereocenters. The molecule has 164 valence electrons. The molecule has 12 heteroatoms. The van der Waals surface area contributed by atoms with Crippen molar-refractivity contribution in [2.75, 3.05) is 17.6 Å². The van der Waals surface area contributed by atoms with Crippen molar-refractivity contribution in [1.82, 2.24) is 10.2 Å². The van der Waals surface area contributed by atoms with Crippen molar-refractivity contribution in [3.8, 4) is 5.75 Å². The summed E-state index contributed by atoms with van der Waals surface area (Å²) in [6.07, 6.45) is 0. The van der Waals surface area contributed by atoms with Gasteiger partial charge in [0.2, 0.25) is 9.70 Å². The predicted molar refractivity (Wildman–Crippen MR) is 124 cm³/mol. The van der Waals surface area contributed by atoms with Crippen molar-refractivity contribution in [2.24, 2.45) is 0 Å². The number of nitrogens with one attached hydrogen (secondary N) is 1. The van der Waals surface area contributed by atoms with Gasteiger partial charge < -0.3 is 19.7 Å². The quantitative estimate of drug-likeness (QED) is 0.222. The average molecular weight is 608 g/mol. The summed E-state index contributed by atoms with van der Waals surface area (Å²) in [5.41, 5.74) is 0. The van der Waals surface area contributed by atoms with E-state index in [1.54, 1.807) is 24.3 Å². The number of amides is 2. The molecule has 1 aromatic rings. The number of carbonyl (C=O) groups excluding carboxylic acids is 3. The molecule has 30 heavy (non-hydrogen) atoms. The molecule has 2 heterocycles. The number of thioether (sulfide) groups is 1. The van der Waals surface area contributed by atoms with Gasteiger partial charge in [0.1, 0.15) is 29.8 Å². The number of fused-ring (bicyclic) bond motifs is 1. The molecule has 0 saturated carbocycles. The second-order valence-corrected chi connectivity index (χ2v) is 11.9. The minimum absolute atomic E-state index is 0.219. The molecule has 2 fully saturated rings. The standard InChI is InChI=1S/C18H18Cl3IN2O5S/c1-17(8-22)13(16(27)29-9-18(19,20)21)24-14(26)12(15(24)30-17)23-11(25)7-28-10-5-3-2-4-6-10/h2-6,12-13,15H,7-9H2,1H3,(H,23,25)/t12?,13?,15-,17?/m0/s1. The highest BCUT2D eigenvalue weighted by Gasteiger charge is 2.65. The van der Waals surface area contributed by atoms with Crippen LogP contribution in [0.4, 0.5) is 0 Å². The van der Waals surface area contributed by atoms with E-state index >= 15 is 0 Å². The first-order chi connectivity index (χ1) is 14.1. The highest BCUT2D eigenvalue weighted by atomic mass is 127. The topological polar surface area (TPSA) is 84.9 Å². The number of para-hydroxylation sites is 1. The molecular weight excluding hydrogens is 590 g/mol. The van der Waals surface area contributed by atoms with Crippen LogP contribution in [0.2, 0.25) is 0 Å². The van der Waals surface area contributed by atoms with Crippen LogP contribution in [0, 0.1) is 0 Å². The van der Waals surface area contributed by atoms with Crippen molar-refractivity contribution in [3.63, 3.8) is 0 Å². The third-order valence-corrected chi connectivity index (χ3v) is 8.70. The van der Waals surface area contributed by atoms with E-state index in [2.05, 4.69) is 27.9 Å². The highest BCUT2D eigenvalue weighted by Crippen LogP contribution is 2.52. The Morgan fingerprint density at radius 2 is 1.97 bits per heavy atom. The second kappa shape index (κ2) is 9.48. The predicted octanol–water partition coefficient (Wildman–Crippen LogP) is 2.94. The molecule has 7 nitrogen and oxygen atoms in total. The smallest absolute Gasteiger partial charge is 0.330 e. The average Bonchev–Trinajstić information content (AvgIpc) is 2.99. The Labute approximate surface area is 206 Å². The molecule has 0 aliphatic carbocycles. The van der Waals surface area contributed by atoms with Crippen molar-refractivity contribution in [2.45, 2.75) is 32.9 Å². The number of ether oxygens (including phenoxy) is 2. The molecule has 2 amide bonds. The zero-order chi connectivity index (χ0) is 22.1. The van der Waals surface area contributed by atoms with Crippen LogP contribution in [0.3, 0.4) is 0 Å². The lowest BCUT2D eigenvalue weighted by Crippen LogP contribution is -2.71. The van der Waals surface area contributed by atoms with Crippen molar-refractivity contribution >= 4 is 86.9 Å². The van der Waals surface area contributed by atoms with E-state index in [9.17, 15) is 14.4 Å². The molecule has 2 aliphatic heterocycles. The van der Waals surface area contributed by atoms with E-state index in [1.807, 2.05) is 13.0 Å². The Balaban J connectivity index is 1.62. The molecule has 2 aliphatic rings. The van der Waals surface area contributed by atoms with E-state index in [1.165, 1.54) is 16.7 Å². The highest BCUT2D eigenvalue weighted by molar-refractivity contribution is 14.1. The lowest BCUT2D eigenvalue weighted by Gasteiger charge is -2.44. The lowest BCUT2D eigenvalue weighted by atomic mass is 9.96. The molecule has 1 aromatic carbocycles. The van der Waals surface area contributed by atoms with Crippen molar-refractivity contribution in [3.05, 3.63) is 30.3 Å². The van der Waals surface area contributed by atoms with Gasteiger partial charge in [0.25, 0.3) is 5.91 Å². The minimum Gasteiger partial charge on any atom is -0.484 e. The van der Waals surface area contributed by atoms with Gasteiger partial charge in [-0.3, -0.25) is 9.59 Å². The number of rotatable bonds is 7. The fourth-order valence-corrected chi connectivity index (χ4v) is 5.97. The fourth-order valence-electron chi connectivity index (χ4n) is 3.23. The van der Waals surface area contributed by atoms with E-state index < -0.39 is 39.1 Å². The number of β-lactam (4-membered cyclic amide) rings is 1. The molecule has 1 N–H and O–H groups in total. The molecule has 0 spiro atoms. The van der Waals surface area contributed by atoms with Crippen LogP contribution in [0.15, 0.2) is 30.3 Å². The van der Waals surface area contributed by atoms with Crippen molar-refractivity contribution < 1.29 is 23.9 Å². The van der Waals surface area contributed by atoms with Gasteiger partial charge in [0.05, 0.1) is 4.75 Å². The minimum atomic E-state index is -1.74. The number of halogens is 4. The van der Waals surface area contributed by atoms with Gasteiger partial charge in [-0.05, 0) is 19.1 Å². The zero-order valence-electron chi connectivity index (χ0n) is 15.6. The number of esters is 1. The Bertz CT molecular complexity index is 828. The SMILES string of the molecule is CC1(CI)S[C@H]2C(NC(=O)COc3ccccc3)C(=O)N2C1C(=O)OCC(Cl)(Cl)Cl. The van der Waals surface area contributed by atoms with Crippen LogP contribution in [0.5, 0.6) is 5.75 Å². The Morgan fingerprint density at radius 3 is 2.57 bits per heavy atom. The van der Waals surface area contributed by atoms with Gasteiger partial charge in [-0.25, -0.2) is 4.79 Å². The number of nitrogens with zero attached hydrogens (tertiary/aromatic N) is 1. The Morgan fingerprint density at radius 1 is 1.30 bits per heavy atom. The molecule has 3 rings (SSSR count). The maximum absolute atomic E-state index is 12.7. The number of carbonyl (C=O) groups is 3. The summed E-state index contributed by atoms with van der Waals surface area (Å²) >= 11 is 20.6. The van der Waals surface area contributed by atoms with Crippen LogP contribution in [-0.2, 0) is 19.1 Å². The molecule has 0 aromatic heterocycles. The van der Waals surface area contributed by atoms with Gasteiger partial charge >= 0.3 is 5.97 Å². The molecule has 2 saturated heterocycles. The summed E-state index contributed by atoms with van der Waals surface area (Å²) in [7, 11) is 0. The first-order valence-electron chi connectivity index (χ1n) is 8.82. The normalized spacial score (nSPS) is 27.8. The van der Waals surface area contributed by atoms with E-state index in [0.29, 0.717) is 10.2 Å². The van der Waals surface area contributed by atoms with Gasteiger partial charge in [0.15, 0.2) is 6.61 Å². The summed E-state index contributed by atoms with van der Waals surface area (Å²) in [6, 6.07) is 7.31. The van der Waals surface area contributed by atoms with E-state index in [0.717, 1.165) is 0 Å². The van der Waals surface area contributed by atoms with Gasteiger partial charge in [-0.2, -0.15) is 0 Å². The summed E-state index contributed by atoms with van der Waals surface area (Å²) in [6.45, 7) is 1.23. The number of hydrogen-bond donors (Lipinski definition) is 1. The molecular formula is C18H18Cl3IN2O5S. The molecule has 3 unspecified atom stereocenters. The second-order valence-electron chi connectivity index (χ2n) is 6.97. The summed E-state index contributed by atoms with van der Waals surface area (Å²) in [5, 5.41) is 2.31. The van der Waals surface area contributed by atoms with E-state index in [4.69, 9.17) is 44.3 Å². The maximum atomic E-state index is 12.7. The fraction of sp³-hybridized carbons (Fsp3) is 0.500. The summed E-state index contributed by atoms with van der Waals surface area (Å²) in [5.74, 6) is -0.861. The van der Waals surface area contributed by atoms with Crippen LogP contribution in [0.25, 0.3) is 0 Å². The number of hydrogen-bond acceptors (Lipinski definition) is 6. The van der Waals surface area contributed by atoms with Gasteiger partial charge in [-0.1, -0.05) is 75.6 Å². The molecule has 0 bridgehead atoms. The molecule has 0 radical (unpaired) electrons. The largest absolute Gasteiger partial charge is 0.484 e. The van der Waals surface area contributed by atoms with Crippen LogP contribution in [0.1, 0.15) is 6.92 Å². The van der Waals surface area contributed by atoms with Crippen LogP contribution < -0.4 is 10.1 Å². The van der Waals surface area contributed by atoms with Gasteiger partial charge in [-0.15, -0.1) is 11.8 Å². The lowest BCUT2D eigenvalue weighted by molar-refractivity contribution is -0.164. The monoisotopic (exact) mass is 606 g/mol. The van der Waals surface area contributed by atoms with Crippen LogP contribution >= 0.6 is 69.2 Å². The summed E-state index contributed by atoms with van der Waals surface area (Å²) in [4.78, 5) is 39.1. The van der Waals surface area contributed by atoms with Crippen molar-refractivity contribution in [1.29, 1.82) is 0 Å². The maximum Gasteiger partial charge on any atom is 0.330 e. The summed E-state index contributed by atoms with van der Waals surface area (Å²) < 4.78 is 8.78. The van der Waals surface area contributed by atoms with Gasteiger partial charge in [0, 0.05) is 4.43 Å². The Hall–Kier alpha value is -0.620. The number of alkyl halides is 4. The first-order valence-corrected chi connectivity index (χ1v) is 12.4. The first kappa shape index (κ1) is 24.0.